The molecule has 0 radical (unpaired) electrons. The maximum absolute atomic E-state index is 13.0. The molecule has 4 aromatic rings. The zero-order valence-corrected chi connectivity index (χ0v) is 31.2. The van der Waals surface area contributed by atoms with Crippen molar-refractivity contribution in [3.8, 4) is 0 Å². The van der Waals surface area contributed by atoms with Gasteiger partial charge in [-0.05, 0) is 59.7 Å². The van der Waals surface area contributed by atoms with Crippen LogP contribution in [0, 0.1) is 5.92 Å². The normalized spacial score (nSPS) is 11.4. The highest BCUT2D eigenvalue weighted by atomic mass is 16.5. The van der Waals surface area contributed by atoms with Gasteiger partial charge in [-0.2, -0.15) is 0 Å². The largest absolute Gasteiger partial charge is 0.461 e. The van der Waals surface area contributed by atoms with Crippen LogP contribution < -0.4 is 5.32 Å². The van der Waals surface area contributed by atoms with E-state index in [0.29, 0.717) is 19.8 Å². The number of rotatable bonds is 15. The van der Waals surface area contributed by atoms with Crippen molar-refractivity contribution in [2.45, 2.75) is 120 Å². The standard InChI is InChI=1S/C25H38N2O2.C13H12O2.2C2H6/c1-5-12-21(7-3)25(28)26-23(19-29-18-20-13-10-9-11-14-20)24-16-15-22(8-4)27(24)17-6-2;1-10(14)15-9-12-7-4-6-11-5-2-3-8-13(11)12;2*1-2/h9-11,13-16,21,23H,5-8,12,17-19H2,1-4H3,(H,26,28);2-8H,9H2,1H3;2*1-2H3. The number of aromatic nitrogens is 1. The van der Waals surface area contributed by atoms with E-state index in [2.05, 4.69) is 61.8 Å². The summed E-state index contributed by atoms with van der Waals surface area (Å²) in [5, 5.41) is 5.62. The van der Waals surface area contributed by atoms with Crippen molar-refractivity contribution in [3.63, 3.8) is 0 Å². The summed E-state index contributed by atoms with van der Waals surface area (Å²) in [6, 6.07) is 28.5. The van der Waals surface area contributed by atoms with Crippen molar-refractivity contribution in [2.24, 2.45) is 5.92 Å². The third-order valence-corrected chi connectivity index (χ3v) is 7.80. The van der Waals surface area contributed by atoms with E-state index in [-0.39, 0.29) is 23.8 Å². The first-order valence-electron chi connectivity index (χ1n) is 18.1. The molecule has 1 N–H and O–H groups in total. The van der Waals surface area contributed by atoms with Crippen molar-refractivity contribution in [3.05, 3.63) is 107 Å². The van der Waals surface area contributed by atoms with E-state index in [0.717, 1.165) is 60.9 Å². The molecule has 1 amide bonds. The lowest BCUT2D eigenvalue weighted by atomic mass is 9.99. The predicted octanol–water partition coefficient (Wildman–Crippen LogP) is 10.6. The second-order valence-electron chi connectivity index (χ2n) is 11.1. The van der Waals surface area contributed by atoms with Crippen LogP contribution in [0.2, 0.25) is 0 Å². The molecule has 3 aromatic carbocycles. The Hall–Kier alpha value is -3.90. The Kier molecular flexibility index (Phi) is 22.1. The minimum Gasteiger partial charge on any atom is -0.461 e. The minimum atomic E-state index is -0.247. The summed E-state index contributed by atoms with van der Waals surface area (Å²) in [4.78, 5) is 23.7. The molecule has 4 rings (SSSR count). The Morgan fingerprint density at radius 1 is 0.771 bits per heavy atom. The van der Waals surface area contributed by atoms with E-state index in [1.807, 2.05) is 88.4 Å². The first-order chi connectivity index (χ1) is 23.4. The molecule has 2 atom stereocenters. The topological polar surface area (TPSA) is 69.6 Å². The summed E-state index contributed by atoms with van der Waals surface area (Å²) >= 11 is 0. The van der Waals surface area contributed by atoms with Crippen molar-refractivity contribution in [1.29, 1.82) is 0 Å². The average Bonchev–Trinajstić information content (AvgIpc) is 3.54. The van der Waals surface area contributed by atoms with Crippen molar-refractivity contribution >= 4 is 22.6 Å². The molecule has 0 saturated carbocycles. The number of nitrogens with zero attached hydrogens (tertiary/aromatic N) is 1. The van der Waals surface area contributed by atoms with Crippen LogP contribution in [-0.2, 0) is 45.2 Å². The van der Waals surface area contributed by atoms with Crippen molar-refractivity contribution in [2.75, 3.05) is 6.61 Å². The number of ether oxygens (including phenoxy) is 2. The van der Waals surface area contributed by atoms with Gasteiger partial charge in [0.2, 0.25) is 5.91 Å². The average molecular weight is 659 g/mol. The van der Waals surface area contributed by atoms with E-state index in [4.69, 9.17) is 9.47 Å². The number of hydrogen-bond acceptors (Lipinski definition) is 4. The van der Waals surface area contributed by atoms with Gasteiger partial charge in [0.15, 0.2) is 0 Å². The lowest BCUT2D eigenvalue weighted by Gasteiger charge is -2.24. The summed E-state index contributed by atoms with van der Waals surface area (Å²) in [6.45, 7) is 20.3. The van der Waals surface area contributed by atoms with E-state index in [1.165, 1.54) is 18.0 Å². The van der Waals surface area contributed by atoms with E-state index < -0.39 is 0 Å². The second kappa shape index (κ2) is 25.2. The van der Waals surface area contributed by atoms with Gasteiger partial charge in [-0.3, -0.25) is 9.59 Å². The molecule has 6 heteroatoms. The number of nitrogens with one attached hydrogen (secondary N) is 1. The maximum atomic E-state index is 13.0. The molecule has 48 heavy (non-hydrogen) atoms. The Labute approximate surface area is 291 Å². The predicted molar refractivity (Wildman–Crippen MR) is 202 cm³/mol. The van der Waals surface area contributed by atoms with E-state index >= 15 is 0 Å². The van der Waals surface area contributed by atoms with E-state index in [9.17, 15) is 9.59 Å². The van der Waals surface area contributed by atoms with Crippen LogP contribution in [0.4, 0.5) is 0 Å². The Balaban J connectivity index is 0.000000506. The summed E-state index contributed by atoms with van der Waals surface area (Å²) in [7, 11) is 0. The highest BCUT2D eigenvalue weighted by Crippen LogP contribution is 2.22. The van der Waals surface area contributed by atoms with Crippen LogP contribution in [0.25, 0.3) is 10.8 Å². The molecule has 0 fully saturated rings. The smallest absolute Gasteiger partial charge is 0.302 e. The van der Waals surface area contributed by atoms with Gasteiger partial charge in [0.05, 0.1) is 19.3 Å². The van der Waals surface area contributed by atoms with Gasteiger partial charge in [-0.25, -0.2) is 0 Å². The van der Waals surface area contributed by atoms with E-state index in [1.54, 1.807) is 0 Å². The van der Waals surface area contributed by atoms with Crippen LogP contribution in [0.1, 0.15) is 117 Å². The third-order valence-electron chi connectivity index (χ3n) is 7.80. The molecule has 2 unspecified atom stereocenters. The lowest BCUT2D eigenvalue weighted by molar-refractivity contribution is -0.142. The number of fused-ring (bicyclic) bond motifs is 1. The van der Waals surface area contributed by atoms with Gasteiger partial charge in [-0.15, -0.1) is 0 Å². The van der Waals surface area contributed by atoms with Gasteiger partial charge in [0, 0.05) is 30.8 Å². The molecule has 0 aliphatic heterocycles. The molecule has 0 aliphatic carbocycles. The lowest BCUT2D eigenvalue weighted by Crippen LogP contribution is -2.37. The molecule has 1 heterocycles. The fraction of sp³-hybridized carbons (Fsp3) is 0.476. The quantitative estimate of drug-likeness (QED) is 0.129. The van der Waals surface area contributed by atoms with Gasteiger partial charge < -0.3 is 19.4 Å². The first-order valence-corrected chi connectivity index (χ1v) is 18.1. The van der Waals surface area contributed by atoms with Gasteiger partial charge >= 0.3 is 5.97 Å². The minimum absolute atomic E-state index is 0.0665. The monoisotopic (exact) mass is 658 g/mol. The zero-order valence-electron chi connectivity index (χ0n) is 31.2. The maximum Gasteiger partial charge on any atom is 0.302 e. The molecule has 6 nitrogen and oxygen atoms in total. The van der Waals surface area contributed by atoms with Crippen LogP contribution in [0.15, 0.2) is 84.9 Å². The second-order valence-corrected chi connectivity index (χ2v) is 11.1. The number of hydrogen-bond donors (Lipinski definition) is 1. The Bertz CT molecular complexity index is 1420. The molecule has 1 aromatic heterocycles. The van der Waals surface area contributed by atoms with Crippen LogP contribution in [0.5, 0.6) is 0 Å². The zero-order chi connectivity index (χ0) is 35.7. The number of benzene rings is 3. The number of carbonyl (C=O) groups excluding carboxylic acids is 2. The van der Waals surface area contributed by atoms with Gasteiger partial charge in [0.25, 0.3) is 0 Å². The highest BCUT2D eigenvalue weighted by Gasteiger charge is 2.23. The molecule has 264 valence electrons. The summed E-state index contributed by atoms with van der Waals surface area (Å²) in [6.07, 6.45) is 4.86. The fourth-order valence-corrected chi connectivity index (χ4v) is 5.46. The van der Waals surface area contributed by atoms with Crippen LogP contribution >= 0.6 is 0 Å². The fourth-order valence-electron chi connectivity index (χ4n) is 5.46. The molecular formula is C42H62N2O4. The molecule has 0 aliphatic rings. The number of carbonyl (C=O) groups is 2. The summed E-state index contributed by atoms with van der Waals surface area (Å²) < 4.78 is 13.4. The SMILES string of the molecule is CC.CC.CC(=O)OCc1cccc2ccccc12.CCCC(CC)C(=O)NC(COCc1ccccc1)c1ccc(CC)n1CCC. The molecule has 0 saturated heterocycles. The summed E-state index contributed by atoms with van der Waals surface area (Å²) in [5.41, 5.74) is 4.65. The Morgan fingerprint density at radius 2 is 1.44 bits per heavy atom. The van der Waals surface area contributed by atoms with Crippen LogP contribution in [0.3, 0.4) is 0 Å². The van der Waals surface area contributed by atoms with Crippen molar-refractivity contribution in [1.82, 2.24) is 9.88 Å². The highest BCUT2D eigenvalue weighted by molar-refractivity contribution is 5.85. The third kappa shape index (κ3) is 14.1. The van der Waals surface area contributed by atoms with Gasteiger partial charge in [-0.1, -0.05) is 135 Å². The molecular weight excluding hydrogens is 596 g/mol. The number of amides is 1. The molecule has 0 bridgehead atoms. The summed E-state index contributed by atoms with van der Waals surface area (Å²) in [5.74, 6) is -0.0373. The Morgan fingerprint density at radius 3 is 2.06 bits per heavy atom. The van der Waals surface area contributed by atoms with Crippen molar-refractivity contribution < 1.29 is 19.1 Å². The number of aryl methyl sites for hydroxylation is 1. The van der Waals surface area contributed by atoms with Gasteiger partial charge in [0.1, 0.15) is 6.61 Å². The van der Waals surface area contributed by atoms with Crippen LogP contribution in [-0.4, -0.2) is 23.1 Å². The first kappa shape index (κ1) is 42.1. The molecule has 0 spiro atoms. The number of esters is 1.